The molecular formula is C32H35NO6. The highest BCUT2D eigenvalue weighted by atomic mass is 16.5. The Hall–Kier alpha value is -4.26. The summed E-state index contributed by atoms with van der Waals surface area (Å²) in [4.78, 5) is 28.7. The molecule has 204 valence electrons. The van der Waals surface area contributed by atoms with Crippen molar-refractivity contribution in [2.24, 2.45) is 0 Å². The number of hydrogen-bond acceptors (Lipinski definition) is 6. The Morgan fingerprint density at radius 1 is 0.897 bits per heavy atom. The number of amides is 1. The molecule has 0 aliphatic carbocycles. The summed E-state index contributed by atoms with van der Waals surface area (Å²) < 4.78 is 16.9. The van der Waals surface area contributed by atoms with Gasteiger partial charge in [0.15, 0.2) is 0 Å². The topological polar surface area (TPSA) is 85.3 Å². The first-order valence-corrected chi connectivity index (χ1v) is 13.0. The number of benzene rings is 3. The van der Waals surface area contributed by atoms with E-state index in [1.54, 1.807) is 37.4 Å². The van der Waals surface area contributed by atoms with Gasteiger partial charge in [0.2, 0.25) is 0 Å². The number of carbonyl (C=O) groups is 2. The van der Waals surface area contributed by atoms with Crippen LogP contribution in [0.5, 0.6) is 17.2 Å². The van der Waals surface area contributed by atoms with Gasteiger partial charge >= 0.3 is 0 Å². The van der Waals surface area contributed by atoms with Crippen LogP contribution in [0.4, 0.5) is 5.69 Å². The zero-order chi connectivity index (χ0) is 28.4. The Kier molecular flexibility index (Phi) is 8.00. The van der Waals surface area contributed by atoms with E-state index in [9.17, 15) is 14.7 Å². The summed E-state index contributed by atoms with van der Waals surface area (Å²) in [6.45, 7) is 9.74. The number of carbonyl (C=O) groups excluding carboxylic acids is 2. The molecule has 3 aromatic carbocycles. The van der Waals surface area contributed by atoms with Crippen LogP contribution in [0.3, 0.4) is 0 Å². The molecule has 39 heavy (non-hydrogen) atoms. The highest BCUT2D eigenvalue weighted by molar-refractivity contribution is 6.51. The smallest absolute Gasteiger partial charge is 0.300 e. The number of ketones is 1. The number of methoxy groups -OCH3 is 2. The second-order valence-electron chi connectivity index (χ2n) is 10.2. The molecule has 0 radical (unpaired) electrons. The molecule has 1 N–H and O–H groups in total. The van der Waals surface area contributed by atoms with E-state index in [-0.39, 0.29) is 23.4 Å². The number of aryl methyl sites for hydroxylation is 1. The maximum atomic E-state index is 13.7. The lowest BCUT2D eigenvalue weighted by atomic mass is 9.91. The lowest BCUT2D eigenvalue weighted by Crippen LogP contribution is -2.29. The summed E-state index contributed by atoms with van der Waals surface area (Å²) in [5.41, 5.74) is 3.19. The predicted molar refractivity (Wildman–Crippen MR) is 152 cm³/mol. The highest BCUT2D eigenvalue weighted by Gasteiger charge is 2.47. The average molecular weight is 530 g/mol. The van der Waals surface area contributed by atoms with Crippen molar-refractivity contribution in [2.45, 2.75) is 52.7 Å². The van der Waals surface area contributed by atoms with Gasteiger partial charge < -0.3 is 19.3 Å². The van der Waals surface area contributed by atoms with Crippen LogP contribution in [-0.2, 0) is 9.59 Å². The zero-order valence-corrected chi connectivity index (χ0v) is 23.4. The van der Waals surface area contributed by atoms with Crippen molar-refractivity contribution < 1.29 is 28.9 Å². The number of aliphatic hydroxyl groups excluding tert-OH is 1. The molecule has 0 bridgehead atoms. The third-order valence-corrected chi connectivity index (χ3v) is 6.78. The van der Waals surface area contributed by atoms with Gasteiger partial charge in [-0.25, -0.2) is 0 Å². The third-order valence-electron chi connectivity index (χ3n) is 6.78. The van der Waals surface area contributed by atoms with Crippen molar-refractivity contribution in [3.05, 3.63) is 88.5 Å². The van der Waals surface area contributed by atoms with Crippen LogP contribution in [0.25, 0.3) is 5.76 Å². The van der Waals surface area contributed by atoms with Crippen LogP contribution >= 0.6 is 0 Å². The maximum absolute atomic E-state index is 13.7. The van der Waals surface area contributed by atoms with Gasteiger partial charge in [-0.15, -0.1) is 0 Å². The molecular weight excluding hydrogens is 494 g/mol. The van der Waals surface area contributed by atoms with E-state index in [2.05, 4.69) is 0 Å². The van der Waals surface area contributed by atoms with Crippen molar-refractivity contribution in [1.29, 1.82) is 0 Å². The third kappa shape index (κ3) is 5.35. The van der Waals surface area contributed by atoms with Crippen molar-refractivity contribution in [3.8, 4) is 17.2 Å². The van der Waals surface area contributed by atoms with E-state index in [0.29, 0.717) is 34.1 Å². The minimum atomic E-state index is -0.892. The van der Waals surface area contributed by atoms with E-state index >= 15 is 0 Å². The number of ether oxygens (including phenoxy) is 3. The molecule has 1 aliphatic rings. The van der Waals surface area contributed by atoms with Crippen molar-refractivity contribution in [2.75, 3.05) is 19.1 Å². The SMILES string of the molecule is COc1cccc(N2C(=O)C(=O)/C(=C(/O)c3cc(C(C)C)c(OC)cc3C)C2c2cccc(OC(C)C)c2)c1. The van der Waals surface area contributed by atoms with E-state index in [1.807, 2.05) is 65.0 Å². The number of aliphatic hydroxyl groups is 1. The molecule has 1 atom stereocenters. The van der Waals surface area contributed by atoms with Crippen LogP contribution in [0.15, 0.2) is 66.2 Å². The van der Waals surface area contributed by atoms with Crippen molar-refractivity contribution in [1.82, 2.24) is 0 Å². The van der Waals surface area contributed by atoms with Crippen LogP contribution in [0, 0.1) is 6.92 Å². The minimum absolute atomic E-state index is 0.00693. The maximum Gasteiger partial charge on any atom is 0.300 e. The van der Waals surface area contributed by atoms with Gasteiger partial charge in [0.25, 0.3) is 11.7 Å². The number of hydrogen-bond donors (Lipinski definition) is 1. The molecule has 0 spiro atoms. The van der Waals surface area contributed by atoms with Crippen LogP contribution in [0.2, 0.25) is 0 Å². The standard InChI is InChI=1S/C32H35NO6/c1-18(2)25-17-26(20(5)14-27(25)38-7)30(34)28-29(21-10-8-13-24(15-21)39-19(3)4)33(32(36)31(28)35)22-11-9-12-23(16-22)37-6/h8-19,29,34H,1-7H3/b30-28+. The average Bonchev–Trinajstić information content (AvgIpc) is 3.17. The van der Waals surface area contributed by atoms with Crippen LogP contribution in [0.1, 0.15) is 61.9 Å². The monoisotopic (exact) mass is 529 g/mol. The Bertz CT molecular complexity index is 1440. The Morgan fingerprint density at radius 3 is 2.23 bits per heavy atom. The van der Waals surface area contributed by atoms with Gasteiger partial charge in [0.1, 0.15) is 23.0 Å². The quantitative estimate of drug-likeness (QED) is 0.202. The molecule has 7 nitrogen and oxygen atoms in total. The fourth-order valence-corrected chi connectivity index (χ4v) is 4.93. The first kappa shape index (κ1) is 27.8. The Balaban J connectivity index is 1.99. The Labute approximate surface area is 229 Å². The van der Waals surface area contributed by atoms with Gasteiger partial charge in [0.05, 0.1) is 31.9 Å². The summed E-state index contributed by atoms with van der Waals surface area (Å²) >= 11 is 0. The summed E-state index contributed by atoms with van der Waals surface area (Å²) in [7, 11) is 3.14. The van der Waals surface area contributed by atoms with E-state index < -0.39 is 17.7 Å². The largest absolute Gasteiger partial charge is 0.507 e. The first-order chi connectivity index (χ1) is 18.6. The van der Waals surface area contributed by atoms with Crippen molar-refractivity contribution in [3.63, 3.8) is 0 Å². The van der Waals surface area contributed by atoms with Gasteiger partial charge in [-0.2, -0.15) is 0 Å². The first-order valence-electron chi connectivity index (χ1n) is 13.0. The highest BCUT2D eigenvalue weighted by Crippen LogP contribution is 2.44. The number of Topliss-reactive ketones (excluding diaryl/α,β-unsaturated/α-hetero) is 1. The lowest BCUT2D eigenvalue weighted by molar-refractivity contribution is -0.132. The fourth-order valence-electron chi connectivity index (χ4n) is 4.93. The molecule has 7 heteroatoms. The molecule has 0 aromatic heterocycles. The second kappa shape index (κ2) is 11.2. The number of anilines is 1. The van der Waals surface area contributed by atoms with Gasteiger partial charge in [-0.05, 0) is 79.8 Å². The molecule has 3 aromatic rings. The zero-order valence-electron chi connectivity index (χ0n) is 23.4. The van der Waals surface area contributed by atoms with Gasteiger partial charge in [-0.3, -0.25) is 14.5 Å². The Morgan fingerprint density at radius 2 is 1.59 bits per heavy atom. The van der Waals surface area contributed by atoms with E-state index in [1.165, 1.54) is 12.0 Å². The van der Waals surface area contributed by atoms with Gasteiger partial charge in [-0.1, -0.05) is 32.0 Å². The van der Waals surface area contributed by atoms with Crippen LogP contribution < -0.4 is 19.1 Å². The summed E-state index contributed by atoms with van der Waals surface area (Å²) in [6.07, 6.45) is -0.0681. The van der Waals surface area contributed by atoms with Gasteiger partial charge in [0, 0.05) is 17.3 Å². The molecule has 4 rings (SSSR count). The molecule has 0 saturated carbocycles. The minimum Gasteiger partial charge on any atom is -0.507 e. The lowest BCUT2D eigenvalue weighted by Gasteiger charge is -2.26. The predicted octanol–water partition coefficient (Wildman–Crippen LogP) is 6.55. The molecule has 1 amide bonds. The molecule has 1 aliphatic heterocycles. The summed E-state index contributed by atoms with van der Waals surface area (Å²) in [6, 6.07) is 17.0. The fraction of sp³-hybridized carbons (Fsp3) is 0.312. The van der Waals surface area contributed by atoms with E-state index in [0.717, 1.165) is 11.1 Å². The molecule has 1 heterocycles. The number of rotatable bonds is 8. The molecule has 1 unspecified atom stereocenters. The second-order valence-corrected chi connectivity index (χ2v) is 10.2. The van der Waals surface area contributed by atoms with E-state index in [4.69, 9.17) is 14.2 Å². The van der Waals surface area contributed by atoms with Crippen molar-refractivity contribution >= 4 is 23.1 Å². The number of nitrogens with zero attached hydrogens (tertiary/aromatic N) is 1. The molecule has 1 fully saturated rings. The summed E-state index contributed by atoms with van der Waals surface area (Å²) in [5, 5.41) is 11.8. The van der Waals surface area contributed by atoms with Crippen LogP contribution in [-0.4, -0.2) is 37.1 Å². The normalized spacial score (nSPS) is 16.7. The summed E-state index contributed by atoms with van der Waals surface area (Å²) in [5.74, 6) is 0.204. The molecule has 1 saturated heterocycles.